The lowest BCUT2D eigenvalue weighted by molar-refractivity contribution is 0.0963. The minimum absolute atomic E-state index is 0.00133. The molecular weight excluding hydrogens is 224 g/mol. The van der Waals surface area contributed by atoms with Crippen LogP contribution >= 0.6 is 0 Å². The summed E-state index contributed by atoms with van der Waals surface area (Å²) < 4.78 is 0. The van der Waals surface area contributed by atoms with Gasteiger partial charge in [0.25, 0.3) is 5.91 Å². The first-order valence-electron chi connectivity index (χ1n) is 6.82. The van der Waals surface area contributed by atoms with Gasteiger partial charge in [-0.2, -0.15) is 0 Å². The molecule has 0 saturated carbocycles. The van der Waals surface area contributed by atoms with Crippen molar-refractivity contribution in [3.05, 3.63) is 34.9 Å². The van der Waals surface area contributed by atoms with Crippen LogP contribution in [0.4, 0.5) is 0 Å². The van der Waals surface area contributed by atoms with E-state index in [0.29, 0.717) is 6.04 Å². The van der Waals surface area contributed by atoms with Crippen LogP contribution in [0.1, 0.15) is 41.3 Å². The summed E-state index contributed by atoms with van der Waals surface area (Å²) in [5.74, 6) is 0.00133. The van der Waals surface area contributed by atoms with Gasteiger partial charge in [0.05, 0.1) is 0 Å². The highest BCUT2D eigenvalue weighted by atomic mass is 16.1. The molecule has 1 aromatic rings. The third kappa shape index (κ3) is 2.91. The predicted molar refractivity (Wildman–Crippen MR) is 73.9 cm³/mol. The van der Waals surface area contributed by atoms with Gasteiger partial charge < -0.3 is 10.6 Å². The second kappa shape index (κ2) is 6.01. The summed E-state index contributed by atoms with van der Waals surface area (Å²) in [5, 5.41) is 6.25. The first-order chi connectivity index (χ1) is 8.74. The van der Waals surface area contributed by atoms with Crippen LogP contribution in [0.2, 0.25) is 0 Å². The van der Waals surface area contributed by atoms with Crippen LogP contribution in [-0.2, 0) is 12.8 Å². The van der Waals surface area contributed by atoms with Gasteiger partial charge in [-0.05, 0) is 55.5 Å². The van der Waals surface area contributed by atoms with E-state index in [0.717, 1.165) is 24.9 Å². The van der Waals surface area contributed by atoms with Gasteiger partial charge in [-0.3, -0.25) is 4.79 Å². The average Bonchev–Trinajstić information content (AvgIpc) is 2.43. The molecule has 1 aliphatic carbocycles. The lowest BCUT2D eigenvalue weighted by Gasteiger charge is -2.26. The maximum absolute atomic E-state index is 11.6. The third-order valence-electron chi connectivity index (χ3n) is 3.61. The Balaban J connectivity index is 2.11. The Morgan fingerprint density at radius 2 is 2.22 bits per heavy atom. The van der Waals surface area contributed by atoms with Crippen molar-refractivity contribution in [2.24, 2.45) is 0 Å². The highest BCUT2D eigenvalue weighted by molar-refractivity contribution is 5.94. The van der Waals surface area contributed by atoms with E-state index in [1.807, 2.05) is 12.1 Å². The highest BCUT2D eigenvalue weighted by Gasteiger charge is 2.19. The average molecular weight is 246 g/mol. The minimum Gasteiger partial charge on any atom is -0.355 e. The molecule has 1 atom stereocenters. The van der Waals surface area contributed by atoms with Crippen molar-refractivity contribution < 1.29 is 4.79 Å². The van der Waals surface area contributed by atoms with Crippen molar-refractivity contribution in [1.82, 2.24) is 10.6 Å². The number of hydrogen-bond acceptors (Lipinski definition) is 2. The molecule has 3 nitrogen and oxygen atoms in total. The number of benzene rings is 1. The highest BCUT2D eigenvalue weighted by Crippen LogP contribution is 2.22. The van der Waals surface area contributed by atoms with Crippen molar-refractivity contribution in [3.8, 4) is 0 Å². The number of nitrogens with one attached hydrogen (secondary N) is 2. The molecule has 0 spiro atoms. The van der Waals surface area contributed by atoms with Gasteiger partial charge >= 0.3 is 0 Å². The lowest BCUT2D eigenvalue weighted by Crippen LogP contribution is -2.35. The second-order valence-corrected chi connectivity index (χ2v) is 4.96. The third-order valence-corrected chi connectivity index (χ3v) is 3.61. The van der Waals surface area contributed by atoms with Gasteiger partial charge in [0.1, 0.15) is 0 Å². The van der Waals surface area contributed by atoms with Gasteiger partial charge in [0.2, 0.25) is 0 Å². The molecule has 0 radical (unpaired) electrons. The maximum atomic E-state index is 11.6. The van der Waals surface area contributed by atoms with Gasteiger partial charge in [-0.15, -0.1) is 0 Å². The van der Waals surface area contributed by atoms with Crippen molar-refractivity contribution in [2.45, 2.75) is 38.6 Å². The molecular formula is C15H22N2O. The molecule has 0 bridgehead atoms. The number of hydrogen-bond donors (Lipinski definition) is 2. The Morgan fingerprint density at radius 1 is 1.39 bits per heavy atom. The first kappa shape index (κ1) is 13.1. The molecule has 0 aromatic heterocycles. The summed E-state index contributed by atoms with van der Waals surface area (Å²) in [7, 11) is 1.67. The molecule has 2 N–H and O–H groups in total. The second-order valence-electron chi connectivity index (χ2n) is 4.96. The molecule has 0 saturated heterocycles. The van der Waals surface area contributed by atoms with E-state index in [2.05, 4.69) is 23.6 Å². The number of rotatable bonds is 4. The van der Waals surface area contributed by atoms with Gasteiger partial charge in [-0.25, -0.2) is 0 Å². The molecule has 3 heteroatoms. The number of carbonyl (C=O) groups excluding carboxylic acids is 1. The Morgan fingerprint density at radius 3 is 2.94 bits per heavy atom. The molecule has 18 heavy (non-hydrogen) atoms. The normalized spacial score (nSPS) is 18.2. The fourth-order valence-electron chi connectivity index (χ4n) is 2.57. The fraction of sp³-hybridized carbons (Fsp3) is 0.533. The molecule has 1 unspecified atom stereocenters. The Bertz CT molecular complexity index is 429. The van der Waals surface area contributed by atoms with E-state index < -0.39 is 0 Å². The minimum atomic E-state index is 0.00133. The summed E-state index contributed by atoms with van der Waals surface area (Å²) in [6.07, 6.45) is 4.53. The van der Waals surface area contributed by atoms with E-state index in [1.165, 1.54) is 24.0 Å². The zero-order valence-corrected chi connectivity index (χ0v) is 11.3. The van der Waals surface area contributed by atoms with Gasteiger partial charge in [-0.1, -0.05) is 13.0 Å². The Labute approximate surface area is 109 Å². The van der Waals surface area contributed by atoms with Crippen LogP contribution in [-0.4, -0.2) is 25.5 Å². The maximum Gasteiger partial charge on any atom is 0.251 e. The molecule has 1 aliphatic rings. The van der Waals surface area contributed by atoms with Crippen LogP contribution in [0.5, 0.6) is 0 Å². The zero-order valence-electron chi connectivity index (χ0n) is 11.3. The summed E-state index contributed by atoms with van der Waals surface area (Å²) in [6, 6.07) is 6.65. The smallest absolute Gasteiger partial charge is 0.251 e. The van der Waals surface area contributed by atoms with Crippen LogP contribution < -0.4 is 10.6 Å². The molecule has 98 valence electrons. The van der Waals surface area contributed by atoms with Gasteiger partial charge in [0, 0.05) is 18.7 Å². The molecule has 2 rings (SSSR count). The van der Waals surface area contributed by atoms with E-state index in [-0.39, 0.29) is 5.91 Å². The van der Waals surface area contributed by atoms with Crippen LogP contribution in [0.25, 0.3) is 0 Å². The summed E-state index contributed by atoms with van der Waals surface area (Å²) in [5.41, 5.74) is 3.50. The van der Waals surface area contributed by atoms with Crippen LogP contribution in [0.15, 0.2) is 18.2 Å². The van der Waals surface area contributed by atoms with E-state index in [1.54, 1.807) is 7.05 Å². The first-order valence-corrected chi connectivity index (χ1v) is 6.82. The van der Waals surface area contributed by atoms with Crippen molar-refractivity contribution in [1.29, 1.82) is 0 Å². The number of fused-ring (bicyclic) bond motifs is 1. The van der Waals surface area contributed by atoms with Crippen LogP contribution in [0, 0.1) is 0 Å². The van der Waals surface area contributed by atoms with Gasteiger partial charge in [0.15, 0.2) is 0 Å². The zero-order chi connectivity index (χ0) is 13.0. The molecule has 0 fully saturated rings. The van der Waals surface area contributed by atoms with Crippen molar-refractivity contribution in [3.63, 3.8) is 0 Å². The van der Waals surface area contributed by atoms with E-state index in [4.69, 9.17) is 0 Å². The summed E-state index contributed by atoms with van der Waals surface area (Å²) in [4.78, 5) is 11.6. The van der Waals surface area contributed by atoms with Crippen molar-refractivity contribution >= 4 is 5.91 Å². The predicted octanol–water partition coefficient (Wildman–Crippen LogP) is 1.90. The quantitative estimate of drug-likeness (QED) is 0.852. The van der Waals surface area contributed by atoms with Crippen molar-refractivity contribution in [2.75, 3.05) is 13.6 Å². The topological polar surface area (TPSA) is 41.1 Å². The lowest BCUT2D eigenvalue weighted by atomic mass is 9.87. The summed E-state index contributed by atoms with van der Waals surface area (Å²) >= 11 is 0. The standard InChI is InChI=1S/C15H22N2O/c1-3-8-17-14-7-6-11-4-5-12(15(18)16-2)9-13(11)10-14/h4-5,9,14,17H,3,6-8,10H2,1-2H3,(H,16,18). The monoisotopic (exact) mass is 246 g/mol. The van der Waals surface area contributed by atoms with E-state index >= 15 is 0 Å². The SMILES string of the molecule is CCCNC1CCc2ccc(C(=O)NC)cc2C1. The fourth-order valence-corrected chi connectivity index (χ4v) is 2.57. The Hall–Kier alpha value is -1.35. The summed E-state index contributed by atoms with van der Waals surface area (Å²) in [6.45, 7) is 3.27. The molecule has 1 aromatic carbocycles. The molecule has 1 amide bonds. The molecule has 0 heterocycles. The molecule has 0 aliphatic heterocycles. The number of carbonyl (C=O) groups is 1. The number of aryl methyl sites for hydroxylation is 1. The van der Waals surface area contributed by atoms with E-state index in [9.17, 15) is 4.79 Å². The number of amides is 1. The largest absolute Gasteiger partial charge is 0.355 e. The van der Waals surface area contributed by atoms with Crippen LogP contribution in [0.3, 0.4) is 0 Å². The Kier molecular flexibility index (Phi) is 4.37.